The summed E-state index contributed by atoms with van der Waals surface area (Å²) in [4.78, 5) is 0. The van der Waals surface area contributed by atoms with E-state index in [0.717, 1.165) is 0 Å². The molecule has 2 aromatic heterocycles. The van der Waals surface area contributed by atoms with Crippen LogP contribution in [0.15, 0.2) is 25.8 Å². The number of aliphatic hydroxyl groups excluding tert-OH is 1. The summed E-state index contributed by atoms with van der Waals surface area (Å²) in [6, 6.07) is 1.72. The van der Waals surface area contributed by atoms with Crippen LogP contribution in [-0.4, -0.2) is 20.1 Å². The molecule has 0 aliphatic carbocycles. The van der Waals surface area contributed by atoms with Crippen molar-refractivity contribution in [3.8, 4) is 0 Å². The lowest BCUT2D eigenvalue weighted by molar-refractivity contribution is 0.178. The van der Waals surface area contributed by atoms with Gasteiger partial charge in [-0.1, -0.05) is 5.21 Å². The van der Waals surface area contributed by atoms with E-state index in [9.17, 15) is 5.11 Å². The fourth-order valence-corrected chi connectivity index (χ4v) is 2.22. The van der Waals surface area contributed by atoms with Crippen molar-refractivity contribution in [1.29, 1.82) is 0 Å². The maximum atomic E-state index is 10.1. The van der Waals surface area contributed by atoms with Gasteiger partial charge in [-0.15, -0.1) is 5.10 Å². The fourth-order valence-electron chi connectivity index (χ4n) is 1.25. The van der Waals surface area contributed by atoms with Gasteiger partial charge in [-0.05, 0) is 37.9 Å². The number of hydrogen-bond donors (Lipinski definition) is 1. The standard InChI is InChI=1S/C8H7Br2N3O2/c1-13-5(8(10)11-12-13)6(14)7-4(9)2-3-15-7/h2-3,6,14H,1H3. The SMILES string of the molecule is Cn1nnc(Br)c1C(O)c1occc1Br. The van der Waals surface area contributed by atoms with Crippen molar-refractivity contribution in [3.63, 3.8) is 0 Å². The van der Waals surface area contributed by atoms with Crippen molar-refractivity contribution in [2.45, 2.75) is 6.10 Å². The Labute approximate surface area is 102 Å². The van der Waals surface area contributed by atoms with E-state index in [-0.39, 0.29) is 0 Å². The van der Waals surface area contributed by atoms with Gasteiger partial charge in [0, 0.05) is 7.05 Å². The first-order valence-electron chi connectivity index (χ1n) is 4.07. The molecule has 2 rings (SSSR count). The van der Waals surface area contributed by atoms with Crippen molar-refractivity contribution in [1.82, 2.24) is 15.0 Å². The molecule has 0 aliphatic rings. The maximum absolute atomic E-state index is 10.1. The second-order valence-corrected chi connectivity index (χ2v) is 4.53. The molecule has 1 atom stereocenters. The molecular weight excluding hydrogens is 330 g/mol. The fraction of sp³-hybridized carbons (Fsp3) is 0.250. The van der Waals surface area contributed by atoms with E-state index in [1.165, 1.54) is 10.9 Å². The van der Waals surface area contributed by atoms with Crippen LogP contribution in [0.1, 0.15) is 17.6 Å². The number of furan rings is 1. The molecule has 5 nitrogen and oxygen atoms in total. The molecule has 0 bridgehead atoms. The van der Waals surface area contributed by atoms with Crippen LogP contribution in [0.5, 0.6) is 0 Å². The van der Waals surface area contributed by atoms with Crippen molar-refractivity contribution in [2.75, 3.05) is 0 Å². The third kappa shape index (κ3) is 1.86. The maximum Gasteiger partial charge on any atom is 0.157 e. The summed E-state index contributed by atoms with van der Waals surface area (Å²) < 4.78 is 7.88. The van der Waals surface area contributed by atoms with Gasteiger partial charge in [-0.3, -0.25) is 0 Å². The minimum atomic E-state index is -0.899. The second-order valence-electron chi connectivity index (χ2n) is 2.92. The van der Waals surface area contributed by atoms with Crippen LogP contribution in [0.4, 0.5) is 0 Å². The molecule has 0 saturated heterocycles. The van der Waals surface area contributed by atoms with Gasteiger partial charge in [0.15, 0.2) is 16.5 Å². The van der Waals surface area contributed by atoms with Crippen LogP contribution in [0.3, 0.4) is 0 Å². The molecule has 0 saturated carbocycles. The quantitative estimate of drug-likeness (QED) is 0.911. The summed E-state index contributed by atoms with van der Waals surface area (Å²) in [6.45, 7) is 0. The Morgan fingerprint density at radius 1 is 1.53 bits per heavy atom. The number of rotatable bonds is 2. The molecule has 7 heteroatoms. The largest absolute Gasteiger partial charge is 0.465 e. The highest BCUT2D eigenvalue weighted by atomic mass is 79.9. The van der Waals surface area contributed by atoms with Crippen LogP contribution in [0.25, 0.3) is 0 Å². The number of aryl methyl sites for hydroxylation is 1. The molecule has 1 unspecified atom stereocenters. The minimum absolute atomic E-state index is 0.432. The third-order valence-corrected chi connectivity index (χ3v) is 3.20. The van der Waals surface area contributed by atoms with E-state index in [1.54, 1.807) is 13.1 Å². The number of aromatic nitrogens is 3. The van der Waals surface area contributed by atoms with E-state index >= 15 is 0 Å². The molecule has 2 heterocycles. The van der Waals surface area contributed by atoms with E-state index in [4.69, 9.17) is 4.42 Å². The van der Waals surface area contributed by atoms with Crippen molar-refractivity contribution < 1.29 is 9.52 Å². The third-order valence-electron chi connectivity index (χ3n) is 1.98. The molecule has 0 aliphatic heterocycles. The van der Waals surface area contributed by atoms with E-state index in [0.29, 0.717) is 20.5 Å². The van der Waals surface area contributed by atoms with Crippen LogP contribution in [0.2, 0.25) is 0 Å². The van der Waals surface area contributed by atoms with Crippen LogP contribution in [0, 0.1) is 0 Å². The lowest BCUT2D eigenvalue weighted by atomic mass is 10.2. The number of nitrogens with zero attached hydrogens (tertiary/aromatic N) is 3. The number of aliphatic hydroxyl groups is 1. The zero-order chi connectivity index (χ0) is 11.0. The zero-order valence-corrected chi connectivity index (χ0v) is 10.9. The van der Waals surface area contributed by atoms with Gasteiger partial charge in [0.2, 0.25) is 0 Å². The molecule has 0 fully saturated rings. The smallest absolute Gasteiger partial charge is 0.157 e. The normalized spacial score (nSPS) is 13.1. The zero-order valence-electron chi connectivity index (χ0n) is 7.69. The first-order chi connectivity index (χ1) is 7.11. The van der Waals surface area contributed by atoms with Crippen LogP contribution >= 0.6 is 31.9 Å². The molecule has 0 aromatic carbocycles. The van der Waals surface area contributed by atoms with Gasteiger partial charge in [0.25, 0.3) is 0 Å². The van der Waals surface area contributed by atoms with E-state index in [2.05, 4.69) is 42.2 Å². The van der Waals surface area contributed by atoms with Crippen molar-refractivity contribution >= 4 is 31.9 Å². The summed E-state index contributed by atoms with van der Waals surface area (Å²) in [5.74, 6) is 0.432. The summed E-state index contributed by atoms with van der Waals surface area (Å²) in [7, 11) is 1.70. The topological polar surface area (TPSA) is 64.1 Å². The molecule has 0 radical (unpaired) electrons. The molecule has 2 aromatic rings. The Hall–Kier alpha value is -0.660. The Morgan fingerprint density at radius 2 is 2.27 bits per heavy atom. The van der Waals surface area contributed by atoms with E-state index < -0.39 is 6.10 Å². The average molecular weight is 337 g/mol. The Balaban J connectivity index is 2.45. The Bertz CT molecular complexity index is 460. The highest BCUT2D eigenvalue weighted by molar-refractivity contribution is 9.10. The minimum Gasteiger partial charge on any atom is -0.465 e. The highest BCUT2D eigenvalue weighted by Crippen LogP contribution is 2.31. The van der Waals surface area contributed by atoms with Crippen molar-refractivity contribution in [3.05, 3.63) is 32.9 Å². The molecule has 1 N–H and O–H groups in total. The van der Waals surface area contributed by atoms with Gasteiger partial charge in [0.05, 0.1) is 10.7 Å². The monoisotopic (exact) mass is 335 g/mol. The summed E-state index contributed by atoms with van der Waals surface area (Å²) in [5.41, 5.74) is 0.547. The van der Waals surface area contributed by atoms with E-state index in [1.807, 2.05) is 0 Å². The first-order valence-corrected chi connectivity index (χ1v) is 5.66. The molecule has 0 amide bonds. The molecule has 80 valence electrons. The number of halogens is 2. The lowest BCUT2D eigenvalue weighted by Crippen LogP contribution is -2.06. The van der Waals surface area contributed by atoms with Crippen LogP contribution < -0.4 is 0 Å². The van der Waals surface area contributed by atoms with Crippen molar-refractivity contribution in [2.24, 2.45) is 7.05 Å². The first kappa shape index (κ1) is 10.8. The molecule has 15 heavy (non-hydrogen) atoms. The van der Waals surface area contributed by atoms with Gasteiger partial charge >= 0.3 is 0 Å². The molecule has 0 spiro atoms. The van der Waals surface area contributed by atoms with Gasteiger partial charge in [0.1, 0.15) is 5.69 Å². The number of hydrogen-bond acceptors (Lipinski definition) is 4. The van der Waals surface area contributed by atoms with Gasteiger partial charge in [-0.25, -0.2) is 4.68 Å². The Kier molecular flexibility index (Phi) is 2.94. The molecular formula is C8H7Br2N3O2. The summed E-state index contributed by atoms with van der Waals surface area (Å²) in [6.07, 6.45) is 0.601. The van der Waals surface area contributed by atoms with Gasteiger partial charge in [-0.2, -0.15) is 0 Å². The lowest BCUT2D eigenvalue weighted by Gasteiger charge is -2.08. The summed E-state index contributed by atoms with van der Waals surface area (Å²) >= 11 is 6.50. The van der Waals surface area contributed by atoms with Gasteiger partial charge < -0.3 is 9.52 Å². The van der Waals surface area contributed by atoms with Crippen LogP contribution in [-0.2, 0) is 7.05 Å². The second kappa shape index (κ2) is 4.07. The Morgan fingerprint density at radius 3 is 2.73 bits per heavy atom. The summed E-state index contributed by atoms with van der Waals surface area (Å²) in [5, 5.41) is 17.6. The predicted molar refractivity (Wildman–Crippen MR) is 59.2 cm³/mol. The average Bonchev–Trinajstić information content (AvgIpc) is 2.73. The predicted octanol–water partition coefficient (Wildman–Crippen LogP) is 2.01. The highest BCUT2D eigenvalue weighted by Gasteiger charge is 2.23.